The van der Waals surface area contributed by atoms with E-state index in [2.05, 4.69) is 270 Å². The van der Waals surface area contributed by atoms with Gasteiger partial charge < -0.3 is 18.5 Å². The first-order valence-electron chi connectivity index (χ1n) is 30.9. The lowest BCUT2D eigenvalue weighted by molar-refractivity contribution is 0.331. The second kappa shape index (κ2) is 17.1. The van der Waals surface area contributed by atoms with Crippen molar-refractivity contribution in [2.24, 2.45) is 0 Å². The lowest BCUT2D eigenvalue weighted by Crippen LogP contribution is -2.61. The third-order valence-corrected chi connectivity index (χ3v) is 21.3. The van der Waals surface area contributed by atoms with Gasteiger partial charge in [-0.05, 0) is 197 Å². The van der Waals surface area contributed by atoms with Crippen molar-refractivity contribution in [3.8, 4) is 44.5 Å². The van der Waals surface area contributed by atoms with E-state index in [-0.39, 0.29) is 32.5 Å². The van der Waals surface area contributed by atoms with Crippen molar-refractivity contribution in [2.75, 3.05) is 9.71 Å². The molecule has 3 aliphatic carbocycles. The summed E-state index contributed by atoms with van der Waals surface area (Å²) in [4.78, 5) is 5.26. The van der Waals surface area contributed by atoms with E-state index in [0.717, 1.165) is 79.7 Å². The number of hydrogen-bond donors (Lipinski definition) is 0. The van der Waals surface area contributed by atoms with Crippen LogP contribution < -0.4 is 20.8 Å². The van der Waals surface area contributed by atoms with E-state index in [1.807, 2.05) is 0 Å². The zero-order chi connectivity index (χ0) is 57.9. The van der Waals surface area contributed by atoms with E-state index in [0.29, 0.717) is 0 Å². The molecule has 4 nitrogen and oxygen atoms in total. The maximum absolute atomic E-state index is 7.94. The summed E-state index contributed by atoms with van der Waals surface area (Å²) >= 11 is 0. The highest BCUT2D eigenvalue weighted by atomic mass is 16.3. The topological polar surface area (TPSA) is 32.8 Å². The Kier molecular flexibility index (Phi) is 10.5. The van der Waals surface area contributed by atoms with Crippen LogP contribution in [0.4, 0.5) is 28.4 Å². The maximum atomic E-state index is 7.94. The highest BCUT2D eigenvalue weighted by molar-refractivity contribution is 6.93. The van der Waals surface area contributed by atoms with E-state index < -0.39 is 6.85 Å². The molecule has 9 aromatic carbocycles. The van der Waals surface area contributed by atoms with Gasteiger partial charge in [-0.3, -0.25) is 0 Å². The molecule has 2 aliphatic heterocycles. The summed E-state index contributed by atoms with van der Waals surface area (Å²) in [5.41, 5.74) is 29.7. The van der Waals surface area contributed by atoms with Crippen molar-refractivity contribution in [1.82, 2.24) is 0 Å². The fourth-order valence-electron chi connectivity index (χ4n) is 16.0. The van der Waals surface area contributed by atoms with Crippen LogP contribution in [0.25, 0.3) is 77.4 Å². The Balaban J connectivity index is 1.08. The van der Waals surface area contributed by atoms with Gasteiger partial charge in [-0.15, -0.1) is 0 Å². The van der Waals surface area contributed by atoms with Crippen LogP contribution in [0.15, 0.2) is 179 Å². The SMILES string of the molecule is CC(C)(C)c1ccc(N2c3c(oc4cc5c(cc34)C(C)(C)CCC5(C)C)B3c4c(cc5c(oc6ccccc65)c42)-c2cc4c(cc2N3c2ccc(-c3ccccc3)cc2)C(C)(C)c2cc3c(cc2-4)C(C)(C)CCC3(C)C)c(-c2ccccc2)c1. The minimum Gasteiger partial charge on any atom is -0.466 e. The van der Waals surface area contributed by atoms with Crippen LogP contribution in [-0.2, 0) is 32.5 Å². The average Bonchev–Trinajstić information content (AvgIpc) is 1.53. The molecule has 0 atom stereocenters. The van der Waals surface area contributed by atoms with Crippen LogP contribution in [0.3, 0.4) is 0 Å². The lowest BCUT2D eigenvalue weighted by atomic mass is 9.45. The standard InChI is InChI=1S/C79H75BN2O2/c1-74(2,3)49-30-33-65(52(38-49)48-24-18-15-19-25-48)81-70-58-42-62-64(78(10,11)37-35-76(62,6)7)45-68(58)84-73(70)80-69-56(40-57-51-26-20-21-27-67(51)83-72(57)71(69)81)55-39-53-54-41-61-63(77(8,9)36-34-75(61,4)5)43-59(54)79(12,13)60(53)44-66(55)82(80)50-31-28-47(29-32-50)46-22-16-14-17-23-46/h14-33,38-45H,34-37H2,1-13H3. The predicted molar refractivity (Wildman–Crippen MR) is 355 cm³/mol. The Morgan fingerprint density at radius 2 is 0.976 bits per heavy atom. The minimum absolute atomic E-state index is 0.0300. The Morgan fingerprint density at radius 1 is 0.405 bits per heavy atom. The molecular formula is C79H75BN2O2. The number of benzene rings is 9. The van der Waals surface area contributed by atoms with Crippen LogP contribution in [-0.4, -0.2) is 6.85 Å². The Morgan fingerprint density at radius 3 is 1.64 bits per heavy atom. The van der Waals surface area contributed by atoms with Gasteiger partial charge in [0.2, 0.25) is 0 Å². The maximum Gasteiger partial charge on any atom is 0.376 e. The molecule has 0 bridgehead atoms. The average molecular weight is 1100 g/mol. The number of furan rings is 2. The van der Waals surface area contributed by atoms with Crippen LogP contribution >= 0.6 is 0 Å². The molecular weight excluding hydrogens is 1020 g/mol. The monoisotopic (exact) mass is 1090 g/mol. The van der Waals surface area contributed by atoms with E-state index >= 15 is 0 Å². The molecule has 0 unspecified atom stereocenters. The predicted octanol–water partition coefficient (Wildman–Crippen LogP) is 20.7. The summed E-state index contributed by atoms with van der Waals surface area (Å²) in [6, 6.07) is 65.0. The number of anilines is 5. The van der Waals surface area contributed by atoms with Crippen molar-refractivity contribution in [3.05, 3.63) is 209 Å². The summed E-state index contributed by atoms with van der Waals surface area (Å²) in [5.74, 6) is 0. The first-order chi connectivity index (χ1) is 40.0. The zero-order valence-corrected chi connectivity index (χ0v) is 51.3. The molecule has 0 amide bonds. The van der Waals surface area contributed by atoms with E-state index in [9.17, 15) is 0 Å². The molecule has 416 valence electrons. The summed E-state index contributed by atoms with van der Waals surface area (Å²) in [5, 5.41) is 3.34. The van der Waals surface area contributed by atoms with Crippen LogP contribution in [0.2, 0.25) is 0 Å². The Labute approximate surface area is 496 Å². The lowest BCUT2D eigenvalue weighted by Gasteiger charge is -2.44. The number of hydrogen-bond acceptors (Lipinski definition) is 4. The van der Waals surface area contributed by atoms with Gasteiger partial charge in [0.1, 0.15) is 16.8 Å². The Bertz CT molecular complexity index is 4620. The number of fused-ring (bicyclic) bond motifs is 15. The normalized spacial score (nSPS) is 18.0. The van der Waals surface area contributed by atoms with Gasteiger partial charge >= 0.3 is 6.85 Å². The molecule has 16 rings (SSSR count). The second-order valence-electron chi connectivity index (χ2n) is 29.8. The molecule has 0 N–H and O–H groups in total. The highest BCUT2D eigenvalue weighted by Crippen LogP contribution is 2.60. The van der Waals surface area contributed by atoms with Gasteiger partial charge in [0.05, 0.1) is 17.1 Å². The van der Waals surface area contributed by atoms with Gasteiger partial charge in [-0.25, -0.2) is 0 Å². The molecule has 0 radical (unpaired) electrons. The van der Waals surface area contributed by atoms with Gasteiger partial charge in [0.25, 0.3) is 0 Å². The van der Waals surface area contributed by atoms with Crippen molar-refractivity contribution < 1.29 is 8.83 Å². The molecule has 0 spiro atoms. The summed E-state index contributed by atoms with van der Waals surface area (Å²) in [6.07, 6.45) is 4.56. The third kappa shape index (κ3) is 7.20. The van der Waals surface area contributed by atoms with Crippen molar-refractivity contribution in [3.63, 3.8) is 0 Å². The molecule has 0 saturated carbocycles. The fraction of sp³-hybridized carbons (Fsp3) is 0.291. The largest absolute Gasteiger partial charge is 0.466 e. The molecule has 11 aromatic rings. The van der Waals surface area contributed by atoms with Crippen LogP contribution in [0.1, 0.15) is 155 Å². The summed E-state index contributed by atoms with van der Waals surface area (Å²) in [6.45, 7) is 31.2. The number of rotatable bonds is 4. The third-order valence-electron chi connectivity index (χ3n) is 21.3. The minimum atomic E-state index is -0.396. The smallest absolute Gasteiger partial charge is 0.376 e. The van der Waals surface area contributed by atoms with Crippen molar-refractivity contribution in [2.45, 2.75) is 148 Å². The Hall–Kier alpha value is -8.02. The van der Waals surface area contributed by atoms with E-state index in [4.69, 9.17) is 8.83 Å². The molecule has 4 heterocycles. The van der Waals surface area contributed by atoms with Crippen molar-refractivity contribution >= 4 is 79.3 Å². The molecule has 84 heavy (non-hydrogen) atoms. The first kappa shape index (κ1) is 51.6. The molecule has 0 saturated heterocycles. The zero-order valence-electron chi connectivity index (χ0n) is 51.3. The second-order valence-corrected chi connectivity index (χ2v) is 29.8. The number of para-hydroxylation sites is 1. The first-order valence-corrected chi connectivity index (χ1v) is 30.9. The quantitative estimate of drug-likeness (QED) is 0.164. The highest BCUT2D eigenvalue weighted by Gasteiger charge is 2.53. The summed E-state index contributed by atoms with van der Waals surface area (Å²) in [7, 11) is 0. The van der Waals surface area contributed by atoms with Crippen LogP contribution in [0, 0.1) is 0 Å². The van der Waals surface area contributed by atoms with E-state index in [1.165, 1.54) is 102 Å². The molecule has 2 aromatic heterocycles. The fourth-order valence-corrected chi connectivity index (χ4v) is 16.0. The van der Waals surface area contributed by atoms with Gasteiger partial charge in [0.15, 0.2) is 5.58 Å². The van der Waals surface area contributed by atoms with E-state index in [1.54, 1.807) is 0 Å². The van der Waals surface area contributed by atoms with Gasteiger partial charge in [-0.2, -0.15) is 0 Å². The number of nitrogens with zero attached hydrogens (tertiary/aromatic N) is 2. The van der Waals surface area contributed by atoms with Crippen LogP contribution in [0.5, 0.6) is 0 Å². The summed E-state index contributed by atoms with van der Waals surface area (Å²) < 4.78 is 15.4. The molecule has 0 fully saturated rings. The van der Waals surface area contributed by atoms with Gasteiger partial charge in [0, 0.05) is 44.1 Å². The van der Waals surface area contributed by atoms with Crippen molar-refractivity contribution in [1.29, 1.82) is 0 Å². The molecule has 5 aliphatic rings. The van der Waals surface area contributed by atoms with Gasteiger partial charge in [-0.1, -0.05) is 193 Å². The molecule has 5 heteroatoms.